The Morgan fingerprint density at radius 3 is 2.29 bits per heavy atom. The fraction of sp³-hybridized carbons (Fsp3) is 0.571. The van der Waals surface area contributed by atoms with Crippen LogP contribution in [0.2, 0.25) is 0 Å². The van der Waals surface area contributed by atoms with E-state index in [0.29, 0.717) is 24.3 Å². The molecule has 0 aromatic heterocycles. The van der Waals surface area contributed by atoms with Crippen LogP contribution < -0.4 is 4.72 Å². The van der Waals surface area contributed by atoms with Crippen LogP contribution in [0.1, 0.15) is 11.1 Å². The van der Waals surface area contributed by atoms with Gasteiger partial charge < -0.3 is 9.64 Å². The minimum atomic E-state index is -3.65. The predicted octanol–water partition coefficient (Wildman–Crippen LogP) is 1.30. The summed E-state index contributed by atoms with van der Waals surface area (Å²) in [5.41, 5.74) is 0.794. The third-order valence-electron chi connectivity index (χ3n) is 2.92. The van der Waals surface area contributed by atoms with E-state index in [-0.39, 0.29) is 11.4 Å². The lowest BCUT2D eigenvalue weighted by Crippen LogP contribution is -2.29. The van der Waals surface area contributed by atoms with Gasteiger partial charge in [0.1, 0.15) is 5.82 Å². The van der Waals surface area contributed by atoms with Crippen molar-refractivity contribution in [3.05, 3.63) is 29.1 Å². The zero-order valence-corrected chi connectivity index (χ0v) is 13.8. The van der Waals surface area contributed by atoms with Crippen molar-refractivity contribution in [2.75, 3.05) is 40.4 Å². The lowest BCUT2D eigenvalue weighted by Gasteiger charge is -2.13. The lowest BCUT2D eigenvalue weighted by atomic mass is 10.1. The molecule has 0 aliphatic rings. The first-order valence-electron chi connectivity index (χ1n) is 6.73. The van der Waals surface area contributed by atoms with E-state index in [9.17, 15) is 12.8 Å². The molecule has 0 fully saturated rings. The average molecular weight is 318 g/mol. The third kappa shape index (κ3) is 5.70. The van der Waals surface area contributed by atoms with E-state index < -0.39 is 15.8 Å². The highest BCUT2D eigenvalue weighted by molar-refractivity contribution is 7.89. The number of likely N-dealkylation sites (N-methyl/N-ethyl adjacent to an activating group) is 1. The van der Waals surface area contributed by atoms with E-state index in [4.69, 9.17) is 4.74 Å². The van der Waals surface area contributed by atoms with Crippen LogP contribution in [0.3, 0.4) is 0 Å². The van der Waals surface area contributed by atoms with Crippen molar-refractivity contribution in [2.24, 2.45) is 0 Å². The Morgan fingerprint density at radius 1 is 1.19 bits per heavy atom. The first kappa shape index (κ1) is 18.0. The number of aryl methyl sites for hydroxylation is 2. The zero-order chi connectivity index (χ0) is 16.0. The molecule has 1 aromatic carbocycles. The van der Waals surface area contributed by atoms with E-state index >= 15 is 0 Å². The fourth-order valence-corrected chi connectivity index (χ4v) is 3.45. The van der Waals surface area contributed by atoms with Gasteiger partial charge in [-0.05, 0) is 51.2 Å². The first-order valence-corrected chi connectivity index (χ1v) is 8.21. The molecule has 0 saturated carbocycles. The Bertz CT molecular complexity index is 551. The molecule has 0 amide bonds. The fourth-order valence-electron chi connectivity index (χ4n) is 1.99. The number of hydrogen-bond acceptors (Lipinski definition) is 4. The molecule has 0 bridgehead atoms. The number of halogens is 1. The second-order valence-electron chi connectivity index (χ2n) is 5.18. The molecular formula is C14H23FN2O3S. The molecule has 1 aromatic rings. The summed E-state index contributed by atoms with van der Waals surface area (Å²) in [6, 6.07) is 2.43. The molecule has 0 spiro atoms. The summed E-state index contributed by atoms with van der Waals surface area (Å²) in [7, 11) is 0.224. The van der Waals surface area contributed by atoms with E-state index in [2.05, 4.69) is 4.72 Å². The summed E-state index contributed by atoms with van der Waals surface area (Å²) < 4.78 is 45.5. The molecule has 0 radical (unpaired) electrons. The summed E-state index contributed by atoms with van der Waals surface area (Å²) in [6.07, 6.45) is 0. The molecule has 0 unspecified atom stereocenters. The molecule has 0 aliphatic carbocycles. The van der Waals surface area contributed by atoms with Crippen molar-refractivity contribution >= 4 is 10.0 Å². The van der Waals surface area contributed by atoms with Crippen molar-refractivity contribution in [3.63, 3.8) is 0 Å². The minimum Gasteiger partial charge on any atom is -0.379 e. The number of hydrogen-bond donors (Lipinski definition) is 1. The number of nitrogens with one attached hydrogen (secondary N) is 1. The van der Waals surface area contributed by atoms with E-state index in [1.165, 1.54) is 12.1 Å². The summed E-state index contributed by atoms with van der Waals surface area (Å²) in [6.45, 7) is 4.97. The number of sulfonamides is 1. The molecule has 120 valence electrons. The first-order chi connectivity index (χ1) is 9.74. The highest BCUT2D eigenvalue weighted by atomic mass is 32.2. The van der Waals surface area contributed by atoms with E-state index in [0.717, 1.165) is 6.54 Å². The number of nitrogens with zero attached hydrogens (tertiary/aromatic N) is 1. The van der Waals surface area contributed by atoms with Crippen LogP contribution in [0, 0.1) is 19.7 Å². The second kappa shape index (κ2) is 7.84. The van der Waals surface area contributed by atoms with Gasteiger partial charge in [0, 0.05) is 13.1 Å². The van der Waals surface area contributed by atoms with Gasteiger partial charge in [-0.3, -0.25) is 0 Å². The normalized spacial score (nSPS) is 12.1. The Labute approximate surface area is 126 Å². The Hall–Kier alpha value is -1.02. The maximum Gasteiger partial charge on any atom is 0.241 e. The molecule has 0 saturated heterocycles. The Kier molecular flexibility index (Phi) is 6.73. The van der Waals surface area contributed by atoms with Gasteiger partial charge in [0.05, 0.1) is 18.1 Å². The van der Waals surface area contributed by atoms with Crippen molar-refractivity contribution in [3.8, 4) is 0 Å². The standard InChI is InChI=1S/C14H23FN2O3S/c1-11-9-13(15)10-12(2)14(11)21(18,19)16-5-7-20-8-6-17(3)4/h9-10,16H,5-8H2,1-4H3. The van der Waals surface area contributed by atoms with Gasteiger partial charge in [0.2, 0.25) is 10.0 Å². The largest absolute Gasteiger partial charge is 0.379 e. The molecule has 1 rings (SSSR count). The highest BCUT2D eigenvalue weighted by Gasteiger charge is 2.19. The summed E-state index contributed by atoms with van der Waals surface area (Å²) in [5, 5.41) is 0. The topological polar surface area (TPSA) is 58.6 Å². The number of rotatable bonds is 8. The molecule has 5 nitrogen and oxygen atoms in total. The Morgan fingerprint density at radius 2 is 1.76 bits per heavy atom. The van der Waals surface area contributed by atoms with Crippen LogP contribution in [0.15, 0.2) is 17.0 Å². The Balaban J connectivity index is 2.59. The van der Waals surface area contributed by atoms with Crippen molar-refractivity contribution in [2.45, 2.75) is 18.7 Å². The van der Waals surface area contributed by atoms with E-state index in [1.807, 2.05) is 19.0 Å². The van der Waals surface area contributed by atoms with Crippen LogP contribution in [0.4, 0.5) is 4.39 Å². The van der Waals surface area contributed by atoms with Gasteiger partial charge in [-0.15, -0.1) is 0 Å². The van der Waals surface area contributed by atoms with Crippen LogP contribution >= 0.6 is 0 Å². The molecule has 0 atom stereocenters. The van der Waals surface area contributed by atoms with Gasteiger partial charge in [-0.25, -0.2) is 17.5 Å². The minimum absolute atomic E-state index is 0.136. The highest BCUT2D eigenvalue weighted by Crippen LogP contribution is 2.20. The predicted molar refractivity (Wildman–Crippen MR) is 80.4 cm³/mol. The van der Waals surface area contributed by atoms with Crippen molar-refractivity contribution in [1.29, 1.82) is 0 Å². The third-order valence-corrected chi connectivity index (χ3v) is 4.68. The van der Waals surface area contributed by atoms with Gasteiger partial charge in [0.25, 0.3) is 0 Å². The number of ether oxygens (including phenoxy) is 1. The monoisotopic (exact) mass is 318 g/mol. The molecule has 0 heterocycles. The molecule has 7 heteroatoms. The van der Waals surface area contributed by atoms with Gasteiger partial charge in [0.15, 0.2) is 0 Å². The maximum atomic E-state index is 13.2. The zero-order valence-electron chi connectivity index (χ0n) is 12.9. The summed E-state index contributed by atoms with van der Waals surface area (Å²) in [5.74, 6) is -0.434. The van der Waals surface area contributed by atoms with Gasteiger partial charge in [-0.2, -0.15) is 0 Å². The maximum absolute atomic E-state index is 13.2. The van der Waals surface area contributed by atoms with E-state index in [1.54, 1.807) is 13.8 Å². The van der Waals surface area contributed by atoms with Gasteiger partial charge >= 0.3 is 0 Å². The van der Waals surface area contributed by atoms with Crippen molar-refractivity contribution in [1.82, 2.24) is 9.62 Å². The molecule has 21 heavy (non-hydrogen) atoms. The van der Waals surface area contributed by atoms with Crippen LogP contribution in [0.5, 0.6) is 0 Å². The lowest BCUT2D eigenvalue weighted by molar-refractivity contribution is 0.122. The molecule has 1 N–H and O–H groups in total. The quantitative estimate of drug-likeness (QED) is 0.734. The molecular weight excluding hydrogens is 295 g/mol. The summed E-state index contributed by atoms with van der Waals surface area (Å²) in [4.78, 5) is 2.12. The van der Waals surface area contributed by atoms with Crippen LogP contribution in [-0.4, -0.2) is 53.7 Å². The number of benzene rings is 1. The van der Waals surface area contributed by atoms with Crippen molar-refractivity contribution < 1.29 is 17.5 Å². The van der Waals surface area contributed by atoms with Gasteiger partial charge in [-0.1, -0.05) is 0 Å². The molecule has 0 aliphatic heterocycles. The van der Waals surface area contributed by atoms with Crippen LogP contribution in [-0.2, 0) is 14.8 Å². The SMILES string of the molecule is Cc1cc(F)cc(C)c1S(=O)(=O)NCCOCCN(C)C. The summed E-state index contributed by atoms with van der Waals surface area (Å²) >= 11 is 0. The van der Waals surface area contributed by atoms with Crippen LogP contribution in [0.25, 0.3) is 0 Å². The second-order valence-corrected chi connectivity index (χ2v) is 6.89. The smallest absolute Gasteiger partial charge is 0.241 e. The average Bonchev–Trinajstić information content (AvgIpc) is 2.31.